The standard InChI is InChI=1S/C24H21N3O3S/c1-17-7-14-21(15-8-17)31(29,30)27(2)20-12-9-19(10-13-20)24(28)26-23-16-11-18-5-3-4-6-22(18)25-23/h3-16H,1-2H3,(H,25,26,28). The van der Waals surface area contributed by atoms with Crippen LogP contribution >= 0.6 is 0 Å². The van der Waals surface area contributed by atoms with E-state index in [1.165, 1.54) is 11.4 Å². The number of amides is 1. The molecule has 7 heteroatoms. The number of hydrogen-bond donors (Lipinski definition) is 1. The highest BCUT2D eigenvalue weighted by Crippen LogP contribution is 2.23. The first-order chi connectivity index (χ1) is 14.8. The maximum Gasteiger partial charge on any atom is 0.264 e. The molecule has 1 N–H and O–H groups in total. The van der Waals surface area contributed by atoms with E-state index in [2.05, 4.69) is 10.3 Å². The Hall–Kier alpha value is -3.71. The molecule has 4 aromatic rings. The van der Waals surface area contributed by atoms with E-state index < -0.39 is 10.0 Å². The molecule has 0 aliphatic heterocycles. The lowest BCUT2D eigenvalue weighted by Crippen LogP contribution is -2.26. The first-order valence-electron chi connectivity index (χ1n) is 9.67. The number of carbonyl (C=O) groups excluding carboxylic acids is 1. The molecule has 0 saturated carbocycles. The lowest BCUT2D eigenvalue weighted by atomic mass is 10.2. The summed E-state index contributed by atoms with van der Waals surface area (Å²) in [4.78, 5) is 17.3. The molecule has 0 fully saturated rings. The Morgan fingerprint density at radius 3 is 2.26 bits per heavy atom. The average molecular weight is 432 g/mol. The number of fused-ring (bicyclic) bond motifs is 1. The largest absolute Gasteiger partial charge is 0.307 e. The van der Waals surface area contributed by atoms with E-state index in [9.17, 15) is 13.2 Å². The summed E-state index contributed by atoms with van der Waals surface area (Å²) in [6.45, 7) is 1.90. The minimum atomic E-state index is -3.69. The Labute approximate surface area is 181 Å². The van der Waals surface area contributed by atoms with Gasteiger partial charge in [0.05, 0.1) is 16.1 Å². The van der Waals surface area contributed by atoms with Crippen LogP contribution in [0.1, 0.15) is 15.9 Å². The number of sulfonamides is 1. The molecule has 1 heterocycles. The lowest BCUT2D eigenvalue weighted by molar-refractivity contribution is 0.102. The summed E-state index contributed by atoms with van der Waals surface area (Å²) >= 11 is 0. The SMILES string of the molecule is Cc1ccc(S(=O)(=O)N(C)c2ccc(C(=O)Nc3ccc4ccccc4n3)cc2)cc1. The van der Waals surface area contributed by atoms with E-state index >= 15 is 0 Å². The summed E-state index contributed by atoms with van der Waals surface area (Å²) in [5.74, 6) is 0.130. The van der Waals surface area contributed by atoms with Gasteiger partial charge in [0.25, 0.3) is 15.9 Å². The molecular weight excluding hydrogens is 410 g/mol. The Kier molecular flexibility index (Phi) is 5.44. The zero-order valence-corrected chi connectivity index (χ0v) is 17.9. The first-order valence-corrected chi connectivity index (χ1v) is 11.1. The number of anilines is 2. The fraction of sp³-hybridized carbons (Fsp3) is 0.0833. The number of rotatable bonds is 5. The van der Waals surface area contributed by atoms with Gasteiger partial charge in [0.1, 0.15) is 5.82 Å². The molecule has 0 spiro atoms. The molecule has 6 nitrogen and oxygen atoms in total. The van der Waals surface area contributed by atoms with Crippen LogP contribution in [0.5, 0.6) is 0 Å². The summed E-state index contributed by atoms with van der Waals surface area (Å²) < 4.78 is 26.9. The van der Waals surface area contributed by atoms with Gasteiger partial charge in [0.15, 0.2) is 0 Å². The van der Waals surface area contributed by atoms with Crippen LogP contribution in [-0.4, -0.2) is 26.4 Å². The van der Waals surface area contributed by atoms with Crippen LogP contribution in [0.2, 0.25) is 0 Å². The van der Waals surface area contributed by atoms with Gasteiger partial charge in [-0.2, -0.15) is 0 Å². The Morgan fingerprint density at radius 1 is 0.871 bits per heavy atom. The van der Waals surface area contributed by atoms with E-state index in [1.54, 1.807) is 54.6 Å². The molecule has 0 unspecified atom stereocenters. The number of pyridine rings is 1. The number of aromatic nitrogens is 1. The molecule has 4 rings (SSSR count). The second-order valence-electron chi connectivity index (χ2n) is 7.18. The zero-order chi connectivity index (χ0) is 22.0. The van der Waals surface area contributed by atoms with E-state index in [0.29, 0.717) is 17.1 Å². The minimum Gasteiger partial charge on any atom is -0.307 e. The van der Waals surface area contributed by atoms with Crippen molar-refractivity contribution >= 4 is 38.3 Å². The highest BCUT2D eigenvalue weighted by molar-refractivity contribution is 7.92. The third-order valence-corrected chi connectivity index (χ3v) is 6.81. The van der Waals surface area contributed by atoms with Gasteiger partial charge in [-0.05, 0) is 61.5 Å². The molecule has 31 heavy (non-hydrogen) atoms. The lowest BCUT2D eigenvalue weighted by Gasteiger charge is -2.20. The minimum absolute atomic E-state index is 0.213. The molecule has 0 radical (unpaired) electrons. The van der Waals surface area contributed by atoms with Crippen molar-refractivity contribution in [1.82, 2.24) is 4.98 Å². The number of carbonyl (C=O) groups is 1. The van der Waals surface area contributed by atoms with Gasteiger partial charge in [-0.15, -0.1) is 0 Å². The normalized spacial score (nSPS) is 11.3. The Bertz CT molecular complexity index is 1350. The summed E-state index contributed by atoms with van der Waals surface area (Å²) in [5.41, 5.74) is 2.64. The Balaban J connectivity index is 1.51. The number of hydrogen-bond acceptors (Lipinski definition) is 4. The predicted octanol–water partition coefficient (Wildman–Crippen LogP) is 4.62. The van der Waals surface area contributed by atoms with Crippen molar-refractivity contribution in [3.8, 4) is 0 Å². The molecule has 1 amide bonds. The highest BCUT2D eigenvalue weighted by atomic mass is 32.2. The van der Waals surface area contributed by atoms with Crippen LogP contribution in [-0.2, 0) is 10.0 Å². The van der Waals surface area contributed by atoms with Crippen molar-refractivity contribution < 1.29 is 13.2 Å². The van der Waals surface area contributed by atoms with Crippen molar-refractivity contribution in [2.75, 3.05) is 16.7 Å². The third-order valence-electron chi connectivity index (χ3n) is 5.01. The maximum absolute atomic E-state index is 12.8. The molecule has 0 aliphatic carbocycles. The molecule has 1 aromatic heterocycles. The molecule has 0 atom stereocenters. The number of nitrogens with zero attached hydrogens (tertiary/aromatic N) is 2. The molecule has 0 aliphatic rings. The van der Waals surface area contributed by atoms with Gasteiger partial charge in [-0.1, -0.05) is 35.9 Å². The van der Waals surface area contributed by atoms with Gasteiger partial charge in [-0.3, -0.25) is 9.10 Å². The van der Waals surface area contributed by atoms with Crippen LogP contribution in [0.4, 0.5) is 11.5 Å². The summed E-state index contributed by atoms with van der Waals surface area (Å²) in [5, 5.41) is 3.77. The van der Waals surface area contributed by atoms with Gasteiger partial charge in [0.2, 0.25) is 0 Å². The van der Waals surface area contributed by atoms with Crippen molar-refractivity contribution in [1.29, 1.82) is 0 Å². The maximum atomic E-state index is 12.8. The van der Waals surface area contributed by atoms with Crippen molar-refractivity contribution in [2.45, 2.75) is 11.8 Å². The smallest absolute Gasteiger partial charge is 0.264 e. The second kappa shape index (κ2) is 8.20. The van der Waals surface area contributed by atoms with Crippen LogP contribution in [0.15, 0.2) is 89.8 Å². The molecule has 3 aromatic carbocycles. The van der Waals surface area contributed by atoms with Crippen LogP contribution in [0.25, 0.3) is 10.9 Å². The fourth-order valence-electron chi connectivity index (χ4n) is 3.15. The summed E-state index contributed by atoms with van der Waals surface area (Å²) in [7, 11) is -2.20. The topological polar surface area (TPSA) is 79.4 Å². The van der Waals surface area contributed by atoms with E-state index in [4.69, 9.17) is 0 Å². The second-order valence-corrected chi connectivity index (χ2v) is 9.15. The Morgan fingerprint density at radius 2 is 1.55 bits per heavy atom. The molecule has 156 valence electrons. The highest BCUT2D eigenvalue weighted by Gasteiger charge is 2.21. The quantitative estimate of drug-likeness (QED) is 0.500. The predicted molar refractivity (Wildman–Crippen MR) is 123 cm³/mol. The zero-order valence-electron chi connectivity index (χ0n) is 17.1. The van der Waals surface area contributed by atoms with Crippen LogP contribution < -0.4 is 9.62 Å². The van der Waals surface area contributed by atoms with E-state index in [-0.39, 0.29) is 10.8 Å². The summed E-state index contributed by atoms with van der Waals surface area (Å²) in [6.07, 6.45) is 0. The van der Waals surface area contributed by atoms with E-state index in [0.717, 1.165) is 16.5 Å². The number of para-hydroxylation sites is 1. The number of nitrogens with one attached hydrogen (secondary N) is 1. The number of aryl methyl sites for hydroxylation is 1. The van der Waals surface area contributed by atoms with Crippen LogP contribution in [0, 0.1) is 6.92 Å². The first kappa shape index (κ1) is 20.6. The molecule has 0 bridgehead atoms. The van der Waals surface area contributed by atoms with Crippen molar-refractivity contribution in [2.24, 2.45) is 0 Å². The van der Waals surface area contributed by atoms with Gasteiger partial charge >= 0.3 is 0 Å². The number of benzene rings is 3. The van der Waals surface area contributed by atoms with Gasteiger partial charge < -0.3 is 5.32 Å². The average Bonchev–Trinajstić information content (AvgIpc) is 2.79. The van der Waals surface area contributed by atoms with Crippen molar-refractivity contribution in [3.05, 3.63) is 96.1 Å². The summed E-state index contributed by atoms with van der Waals surface area (Å²) in [6, 6.07) is 24.4. The molecule has 0 saturated heterocycles. The van der Waals surface area contributed by atoms with Gasteiger partial charge in [-0.25, -0.2) is 13.4 Å². The fourth-order valence-corrected chi connectivity index (χ4v) is 4.35. The third kappa shape index (κ3) is 4.27. The monoisotopic (exact) mass is 431 g/mol. The molecular formula is C24H21N3O3S. The van der Waals surface area contributed by atoms with Crippen LogP contribution in [0.3, 0.4) is 0 Å². The van der Waals surface area contributed by atoms with Crippen molar-refractivity contribution in [3.63, 3.8) is 0 Å². The van der Waals surface area contributed by atoms with Gasteiger partial charge in [0, 0.05) is 18.0 Å². The van der Waals surface area contributed by atoms with E-state index in [1.807, 2.05) is 37.3 Å².